The first-order chi connectivity index (χ1) is 10.5. The SMILES string of the molecule is CCCCC[C@@H](c1cccc(C(F)(F)F)c1)N1CCNCC1. The van der Waals surface area contributed by atoms with E-state index in [4.69, 9.17) is 0 Å². The molecule has 0 saturated carbocycles. The number of benzene rings is 1. The normalized spacial score (nSPS) is 18.4. The first-order valence-corrected chi connectivity index (χ1v) is 8.14. The van der Waals surface area contributed by atoms with Gasteiger partial charge in [0.1, 0.15) is 0 Å². The molecule has 5 heteroatoms. The molecule has 0 aliphatic carbocycles. The third kappa shape index (κ3) is 4.71. The summed E-state index contributed by atoms with van der Waals surface area (Å²) in [6.45, 7) is 5.75. The number of unbranched alkanes of at least 4 members (excludes halogenated alkanes) is 2. The zero-order valence-corrected chi connectivity index (χ0v) is 13.1. The van der Waals surface area contributed by atoms with Crippen LogP contribution in [0.25, 0.3) is 0 Å². The lowest BCUT2D eigenvalue weighted by Gasteiger charge is -2.35. The number of nitrogens with one attached hydrogen (secondary N) is 1. The molecule has 1 aromatic rings. The first kappa shape index (κ1) is 17.3. The number of hydrogen-bond donors (Lipinski definition) is 1. The van der Waals surface area contributed by atoms with Crippen molar-refractivity contribution in [1.82, 2.24) is 10.2 Å². The highest BCUT2D eigenvalue weighted by Crippen LogP contribution is 2.33. The molecule has 0 spiro atoms. The van der Waals surface area contributed by atoms with E-state index in [1.165, 1.54) is 12.1 Å². The first-order valence-electron chi connectivity index (χ1n) is 8.14. The summed E-state index contributed by atoms with van der Waals surface area (Å²) in [5, 5.41) is 3.30. The van der Waals surface area contributed by atoms with Gasteiger partial charge in [0, 0.05) is 32.2 Å². The highest BCUT2D eigenvalue weighted by Gasteiger charge is 2.31. The van der Waals surface area contributed by atoms with Crippen LogP contribution < -0.4 is 5.32 Å². The number of nitrogens with zero attached hydrogens (tertiary/aromatic N) is 1. The maximum atomic E-state index is 13.0. The Morgan fingerprint density at radius 2 is 1.91 bits per heavy atom. The maximum Gasteiger partial charge on any atom is 0.416 e. The van der Waals surface area contributed by atoms with Crippen LogP contribution in [0, 0.1) is 0 Å². The molecule has 1 aromatic carbocycles. The minimum Gasteiger partial charge on any atom is -0.314 e. The molecule has 1 aliphatic rings. The zero-order chi connectivity index (χ0) is 16.0. The van der Waals surface area contributed by atoms with Crippen molar-refractivity contribution < 1.29 is 13.2 Å². The van der Waals surface area contributed by atoms with Gasteiger partial charge in [-0.1, -0.05) is 38.3 Å². The van der Waals surface area contributed by atoms with Crippen LogP contribution in [0.1, 0.15) is 49.8 Å². The quantitative estimate of drug-likeness (QED) is 0.790. The monoisotopic (exact) mass is 314 g/mol. The van der Waals surface area contributed by atoms with Crippen LogP contribution >= 0.6 is 0 Å². The van der Waals surface area contributed by atoms with E-state index < -0.39 is 11.7 Å². The molecular formula is C17H25F3N2. The van der Waals surface area contributed by atoms with Crippen LogP contribution in [0.2, 0.25) is 0 Å². The lowest BCUT2D eigenvalue weighted by molar-refractivity contribution is -0.137. The standard InChI is InChI=1S/C17H25F3N2/c1-2-3-4-8-16(22-11-9-21-10-12-22)14-6-5-7-15(13-14)17(18,19)20/h5-7,13,16,21H,2-4,8-12H2,1H3/t16-/m0/s1. The van der Waals surface area contributed by atoms with E-state index in [0.717, 1.165) is 63.5 Å². The van der Waals surface area contributed by atoms with Crippen molar-refractivity contribution in [2.24, 2.45) is 0 Å². The van der Waals surface area contributed by atoms with E-state index in [2.05, 4.69) is 17.1 Å². The average Bonchev–Trinajstić information content (AvgIpc) is 2.52. The molecule has 22 heavy (non-hydrogen) atoms. The van der Waals surface area contributed by atoms with Gasteiger partial charge >= 0.3 is 6.18 Å². The molecule has 2 rings (SSSR count). The van der Waals surface area contributed by atoms with Crippen LogP contribution in [0.3, 0.4) is 0 Å². The van der Waals surface area contributed by atoms with Crippen molar-refractivity contribution in [1.29, 1.82) is 0 Å². The highest BCUT2D eigenvalue weighted by molar-refractivity contribution is 5.28. The second-order valence-corrected chi connectivity index (χ2v) is 5.92. The Kier molecular flexibility index (Phi) is 6.26. The Balaban J connectivity index is 2.19. The van der Waals surface area contributed by atoms with Gasteiger partial charge in [-0.3, -0.25) is 4.90 Å². The topological polar surface area (TPSA) is 15.3 Å². The van der Waals surface area contributed by atoms with Crippen molar-refractivity contribution in [2.75, 3.05) is 26.2 Å². The molecule has 1 aliphatic heterocycles. The molecule has 0 unspecified atom stereocenters. The van der Waals surface area contributed by atoms with Gasteiger partial charge in [-0.2, -0.15) is 13.2 Å². The van der Waals surface area contributed by atoms with Crippen LogP contribution in [-0.4, -0.2) is 31.1 Å². The summed E-state index contributed by atoms with van der Waals surface area (Å²) in [4.78, 5) is 2.32. The third-order valence-electron chi connectivity index (χ3n) is 4.27. The summed E-state index contributed by atoms with van der Waals surface area (Å²) in [6, 6.07) is 5.96. The Morgan fingerprint density at radius 3 is 2.55 bits per heavy atom. The fourth-order valence-corrected chi connectivity index (χ4v) is 3.06. The van der Waals surface area contributed by atoms with Gasteiger partial charge in [0.2, 0.25) is 0 Å². The molecule has 1 N–H and O–H groups in total. The predicted octanol–water partition coefficient (Wildman–Crippen LogP) is 4.23. The maximum absolute atomic E-state index is 13.0. The van der Waals surface area contributed by atoms with Gasteiger partial charge in [-0.25, -0.2) is 0 Å². The summed E-state index contributed by atoms with van der Waals surface area (Å²) in [6.07, 6.45) is -0.0393. The second-order valence-electron chi connectivity index (χ2n) is 5.92. The molecular weight excluding hydrogens is 289 g/mol. The Bertz CT molecular complexity index is 453. The highest BCUT2D eigenvalue weighted by atomic mass is 19.4. The van der Waals surface area contributed by atoms with E-state index in [1.54, 1.807) is 0 Å². The minimum absolute atomic E-state index is 0.0935. The van der Waals surface area contributed by atoms with Crippen molar-refractivity contribution in [2.45, 2.75) is 44.8 Å². The van der Waals surface area contributed by atoms with Crippen LogP contribution in [0.4, 0.5) is 13.2 Å². The van der Waals surface area contributed by atoms with Gasteiger partial charge in [0.15, 0.2) is 0 Å². The molecule has 1 saturated heterocycles. The fraction of sp³-hybridized carbons (Fsp3) is 0.647. The van der Waals surface area contributed by atoms with E-state index in [0.29, 0.717) is 0 Å². The van der Waals surface area contributed by atoms with Crippen molar-refractivity contribution in [3.05, 3.63) is 35.4 Å². The number of rotatable bonds is 6. The van der Waals surface area contributed by atoms with E-state index in [9.17, 15) is 13.2 Å². The van der Waals surface area contributed by atoms with Crippen LogP contribution in [0.5, 0.6) is 0 Å². The molecule has 2 nitrogen and oxygen atoms in total. The molecule has 124 valence electrons. The molecule has 0 aromatic heterocycles. The predicted molar refractivity (Wildman–Crippen MR) is 82.8 cm³/mol. The van der Waals surface area contributed by atoms with E-state index >= 15 is 0 Å². The average molecular weight is 314 g/mol. The van der Waals surface area contributed by atoms with Gasteiger partial charge in [-0.15, -0.1) is 0 Å². The second kappa shape index (κ2) is 7.97. The summed E-state index contributed by atoms with van der Waals surface area (Å²) in [5.41, 5.74) is 0.258. The zero-order valence-electron chi connectivity index (χ0n) is 13.1. The lowest BCUT2D eigenvalue weighted by Crippen LogP contribution is -2.45. The molecule has 1 heterocycles. The smallest absolute Gasteiger partial charge is 0.314 e. The lowest BCUT2D eigenvalue weighted by atomic mass is 9.96. The largest absolute Gasteiger partial charge is 0.416 e. The van der Waals surface area contributed by atoms with Crippen LogP contribution in [-0.2, 0) is 6.18 Å². The minimum atomic E-state index is -4.27. The molecule has 1 fully saturated rings. The number of alkyl halides is 3. The number of halogens is 3. The van der Waals surface area contributed by atoms with Crippen molar-refractivity contribution in [3.8, 4) is 0 Å². The van der Waals surface area contributed by atoms with Crippen molar-refractivity contribution >= 4 is 0 Å². The van der Waals surface area contributed by atoms with Crippen molar-refractivity contribution in [3.63, 3.8) is 0 Å². The molecule has 0 radical (unpaired) electrons. The Morgan fingerprint density at radius 1 is 1.18 bits per heavy atom. The Hall–Kier alpha value is -1.07. The summed E-state index contributed by atoms with van der Waals surface area (Å²) < 4.78 is 38.9. The van der Waals surface area contributed by atoms with Gasteiger partial charge in [-0.05, 0) is 24.1 Å². The molecule has 0 amide bonds. The summed E-state index contributed by atoms with van der Waals surface area (Å²) >= 11 is 0. The fourth-order valence-electron chi connectivity index (χ4n) is 3.06. The number of piperazine rings is 1. The summed E-state index contributed by atoms with van der Waals surface area (Å²) in [7, 11) is 0. The molecule has 0 bridgehead atoms. The molecule has 1 atom stereocenters. The van der Waals surface area contributed by atoms with Gasteiger partial charge < -0.3 is 5.32 Å². The van der Waals surface area contributed by atoms with E-state index in [1.807, 2.05) is 6.07 Å². The Labute approximate surface area is 130 Å². The van der Waals surface area contributed by atoms with Crippen LogP contribution in [0.15, 0.2) is 24.3 Å². The van der Waals surface area contributed by atoms with Gasteiger partial charge in [0.25, 0.3) is 0 Å². The summed E-state index contributed by atoms with van der Waals surface area (Å²) in [5.74, 6) is 0. The number of hydrogen-bond acceptors (Lipinski definition) is 2. The van der Waals surface area contributed by atoms with E-state index in [-0.39, 0.29) is 6.04 Å². The van der Waals surface area contributed by atoms with Gasteiger partial charge in [0.05, 0.1) is 5.56 Å². The third-order valence-corrected chi connectivity index (χ3v) is 4.27.